The van der Waals surface area contributed by atoms with Gasteiger partial charge in [0.2, 0.25) is 0 Å². The molecule has 0 heterocycles. The van der Waals surface area contributed by atoms with Gasteiger partial charge in [0.25, 0.3) is 0 Å². The first kappa shape index (κ1) is 12.0. The summed E-state index contributed by atoms with van der Waals surface area (Å²) in [4.78, 5) is 0. The molecule has 0 aromatic carbocycles. The molecular formula is C11H24Si. The molecule has 0 amide bonds. The molecular weight excluding hydrogens is 160 g/mol. The van der Waals surface area contributed by atoms with E-state index in [1.165, 1.54) is 30.6 Å². The molecule has 0 aliphatic heterocycles. The summed E-state index contributed by atoms with van der Waals surface area (Å²) in [6.07, 6.45) is 5.94. The summed E-state index contributed by atoms with van der Waals surface area (Å²) in [6, 6.07) is 5.76. The van der Waals surface area contributed by atoms with E-state index in [-0.39, 0.29) is 0 Å². The third-order valence-electron chi connectivity index (χ3n) is 3.20. The van der Waals surface area contributed by atoms with Gasteiger partial charge in [-0.05, 0) is 12.5 Å². The quantitative estimate of drug-likeness (QED) is 0.422. The SMILES string of the molecule is CC/C=C\C[Si](CC)(CC)CC. The normalized spacial score (nSPS) is 12.7. The smallest absolute Gasteiger partial charge is 0.0565 e. The summed E-state index contributed by atoms with van der Waals surface area (Å²) in [6.45, 7) is 9.33. The molecule has 12 heavy (non-hydrogen) atoms. The van der Waals surface area contributed by atoms with E-state index in [9.17, 15) is 0 Å². The molecule has 0 fully saturated rings. The molecule has 0 aromatic heterocycles. The van der Waals surface area contributed by atoms with Gasteiger partial charge in [0.1, 0.15) is 0 Å². The molecule has 0 atom stereocenters. The average molecular weight is 184 g/mol. The topological polar surface area (TPSA) is 0 Å². The summed E-state index contributed by atoms with van der Waals surface area (Å²) in [5.74, 6) is 0. The fraction of sp³-hybridized carbons (Fsp3) is 0.818. The number of hydrogen-bond acceptors (Lipinski definition) is 0. The van der Waals surface area contributed by atoms with Crippen molar-refractivity contribution in [1.29, 1.82) is 0 Å². The highest BCUT2D eigenvalue weighted by atomic mass is 28.3. The summed E-state index contributed by atoms with van der Waals surface area (Å²) >= 11 is 0. The van der Waals surface area contributed by atoms with Gasteiger partial charge in [-0.25, -0.2) is 0 Å². The molecule has 0 bridgehead atoms. The number of allylic oxidation sites excluding steroid dienone is 2. The molecule has 0 saturated heterocycles. The highest BCUT2D eigenvalue weighted by Crippen LogP contribution is 2.25. The van der Waals surface area contributed by atoms with Crippen LogP contribution in [-0.4, -0.2) is 8.07 Å². The maximum atomic E-state index is 2.42. The van der Waals surface area contributed by atoms with Crippen molar-refractivity contribution in [2.24, 2.45) is 0 Å². The highest BCUT2D eigenvalue weighted by Gasteiger charge is 2.24. The first-order valence-electron chi connectivity index (χ1n) is 5.39. The van der Waals surface area contributed by atoms with Crippen molar-refractivity contribution in [2.75, 3.05) is 0 Å². The molecule has 0 aromatic rings. The van der Waals surface area contributed by atoms with Crippen molar-refractivity contribution in [3.63, 3.8) is 0 Å². The Kier molecular flexibility index (Phi) is 6.45. The maximum Gasteiger partial charge on any atom is 0.0565 e. The standard InChI is InChI=1S/C11H24Si/c1-5-9-10-11-12(6-2,7-3)8-4/h9-10H,5-8,11H2,1-4H3/b10-9-. The van der Waals surface area contributed by atoms with Crippen LogP contribution in [0.1, 0.15) is 34.1 Å². The molecule has 0 rings (SSSR count). The second-order valence-corrected chi connectivity index (χ2v) is 9.17. The van der Waals surface area contributed by atoms with Crippen molar-refractivity contribution >= 4 is 8.07 Å². The predicted molar refractivity (Wildman–Crippen MR) is 61.4 cm³/mol. The lowest BCUT2D eigenvalue weighted by molar-refractivity contribution is 1.13. The van der Waals surface area contributed by atoms with Crippen molar-refractivity contribution in [3.8, 4) is 0 Å². The molecule has 1 heteroatoms. The average Bonchev–Trinajstić information content (AvgIpc) is 2.14. The Hall–Kier alpha value is -0.0431. The van der Waals surface area contributed by atoms with Crippen LogP contribution >= 0.6 is 0 Å². The fourth-order valence-electron chi connectivity index (χ4n) is 1.68. The second-order valence-electron chi connectivity index (χ2n) is 3.64. The van der Waals surface area contributed by atoms with E-state index in [0.717, 1.165) is 0 Å². The summed E-state index contributed by atoms with van der Waals surface area (Å²) in [7, 11) is -0.841. The van der Waals surface area contributed by atoms with Gasteiger partial charge in [0.05, 0.1) is 8.07 Å². The first-order valence-corrected chi connectivity index (χ1v) is 8.22. The Morgan fingerprint density at radius 2 is 1.33 bits per heavy atom. The Balaban J connectivity index is 4.01. The molecule has 0 nitrogen and oxygen atoms in total. The van der Waals surface area contributed by atoms with Crippen LogP contribution < -0.4 is 0 Å². The molecule has 72 valence electrons. The summed E-state index contributed by atoms with van der Waals surface area (Å²) in [5.41, 5.74) is 0. The Labute approximate surface area is 79.1 Å². The van der Waals surface area contributed by atoms with Gasteiger partial charge < -0.3 is 0 Å². The van der Waals surface area contributed by atoms with E-state index < -0.39 is 8.07 Å². The predicted octanol–water partition coefficient (Wildman–Crippen LogP) is 4.46. The third-order valence-corrected chi connectivity index (χ3v) is 8.80. The van der Waals surface area contributed by atoms with Gasteiger partial charge >= 0.3 is 0 Å². The summed E-state index contributed by atoms with van der Waals surface area (Å²) in [5, 5.41) is 0. The van der Waals surface area contributed by atoms with E-state index >= 15 is 0 Å². The number of hydrogen-bond donors (Lipinski definition) is 0. The fourth-order valence-corrected chi connectivity index (χ4v) is 4.72. The van der Waals surface area contributed by atoms with Crippen LogP contribution in [0, 0.1) is 0 Å². The van der Waals surface area contributed by atoms with Crippen molar-refractivity contribution in [3.05, 3.63) is 12.2 Å². The lowest BCUT2D eigenvalue weighted by Gasteiger charge is -2.26. The van der Waals surface area contributed by atoms with Crippen molar-refractivity contribution < 1.29 is 0 Å². The first-order chi connectivity index (χ1) is 5.74. The van der Waals surface area contributed by atoms with Gasteiger partial charge in [0.15, 0.2) is 0 Å². The van der Waals surface area contributed by atoms with Crippen molar-refractivity contribution in [1.82, 2.24) is 0 Å². The van der Waals surface area contributed by atoms with Crippen molar-refractivity contribution in [2.45, 2.75) is 58.3 Å². The van der Waals surface area contributed by atoms with Crippen LogP contribution in [0.25, 0.3) is 0 Å². The zero-order valence-corrected chi connectivity index (χ0v) is 10.2. The number of rotatable bonds is 6. The van der Waals surface area contributed by atoms with E-state index in [1.807, 2.05) is 0 Å². The Morgan fingerprint density at radius 1 is 0.833 bits per heavy atom. The second kappa shape index (κ2) is 6.47. The molecule has 0 aliphatic carbocycles. The molecule has 0 saturated carbocycles. The Bertz CT molecular complexity index is 115. The molecule has 0 aliphatic rings. The Morgan fingerprint density at radius 3 is 1.67 bits per heavy atom. The van der Waals surface area contributed by atoms with Crippen LogP contribution in [0.4, 0.5) is 0 Å². The monoisotopic (exact) mass is 184 g/mol. The minimum atomic E-state index is -0.841. The lowest BCUT2D eigenvalue weighted by atomic mass is 10.4. The zero-order chi connectivity index (χ0) is 9.45. The van der Waals surface area contributed by atoms with Gasteiger partial charge in [-0.15, -0.1) is 0 Å². The molecule has 0 N–H and O–H groups in total. The minimum absolute atomic E-state index is 0.841. The van der Waals surface area contributed by atoms with E-state index in [0.29, 0.717) is 0 Å². The van der Waals surface area contributed by atoms with E-state index in [4.69, 9.17) is 0 Å². The van der Waals surface area contributed by atoms with Gasteiger partial charge in [0, 0.05) is 0 Å². The third kappa shape index (κ3) is 3.57. The molecule has 0 unspecified atom stereocenters. The van der Waals surface area contributed by atoms with Gasteiger partial charge in [-0.3, -0.25) is 0 Å². The largest absolute Gasteiger partial charge is 0.0912 e. The zero-order valence-electron chi connectivity index (χ0n) is 9.19. The minimum Gasteiger partial charge on any atom is -0.0912 e. The molecule has 0 radical (unpaired) electrons. The maximum absolute atomic E-state index is 2.42. The van der Waals surface area contributed by atoms with E-state index in [1.54, 1.807) is 0 Å². The highest BCUT2D eigenvalue weighted by molar-refractivity contribution is 6.80. The van der Waals surface area contributed by atoms with Crippen LogP contribution in [0.2, 0.25) is 24.2 Å². The van der Waals surface area contributed by atoms with E-state index in [2.05, 4.69) is 39.8 Å². The molecule has 0 spiro atoms. The van der Waals surface area contributed by atoms with Crippen LogP contribution in [-0.2, 0) is 0 Å². The van der Waals surface area contributed by atoms with Crippen LogP contribution in [0.5, 0.6) is 0 Å². The van der Waals surface area contributed by atoms with Gasteiger partial charge in [-0.1, -0.05) is 58.0 Å². The van der Waals surface area contributed by atoms with Crippen LogP contribution in [0.3, 0.4) is 0 Å². The lowest BCUT2D eigenvalue weighted by Crippen LogP contribution is -2.29. The van der Waals surface area contributed by atoms with Crippen LogP contribution in [0.15, 0.2) is 12.2 Å². The van der Waals surface area contributed by atoms with Gasteiger partial charge in [-0.2, -0.15) is 0 Å². The summed E-state index contributed by atoms with van der Waals surface area (Å²) < 4.78 is 0.